The van der Waals surface area contributed by atoms with E-state index in [1.165, 1.54) is 0 Å². The quantitative estimate of drug-likeness (QED) is 0.829. The van der Waals surface area contributed by atoms with Gasteiger partial charge in [-0.15, -0.1) is 0 Å². The molecule has 0 fully saturated rings. The number of benzene rings is 1. The molecule has 4 nitrogen and oxygen atoms in total. The Balaban J connectivity index is 2.71. The Morgan fingerprint density at radius 2 is 1.84 bits per heavy atom. The summed E-state index contributed by atoms with van der Waals surface area (Å²) in [6, 6.07) is 6.55. The highest BCUT2D eigenvalue weighted by Crippen LogP contribution is 2.09. The van der Waals surface area contributed by atoms with Gasteiger partial charge in [-0.05, 0) is 31.0 Å². The van der Waals surface area contributed by atoms with Crippen LogP contribution in [-0.4, -0.2) is 28.9 Å². The van der Waals surface area contributed by atoms with Crippen molar-refractivity contribution in [3.63, 3.8) is 0 Å². The van der Waals surface area contributed by atoms with Crippen molar-refractivity contribution in [2.45, 2.75) is 26.8 Å². The first-order valence-electron chi connectivity index (χ1n) is 6.20. The minimum atomic E-state index is -0.947. The van der Waals surface area contributed by atoms with Crippen LogP contribution in [0.5, 0.6) is 0 Å². The lowest BCUT2D eigenvalue weighted by molar-refractivity contribution is -0.126. The molecule has 0 atom stereocenters. The summed E-state index contributed by atoms with van der Waals surface area (Å²) in [6.45, 7) is 4.25. The summed E-state index contributed by atoms with van der Waals surface area (Å²) in [6.07, 6.45) is 2.73. The average molecular weight is 261 g/mol. The Hall–Kier alpha value is -2.10. The molecule has 4 heteroatoms. The molecule has 1 amide bonds. The van der Waals surface area contributed by atoms with Crippen LogP contribution in [0, 0.1) is 0 Å². The molecule has 0 unspecified atom stereocenters. The van der Waals surface area contributed by atoms with Crippen molar-refractivity contribution in [1.82, 2.24) is 4.90 Å². The summed E-state index contributed by atoms with van der Waals surface area (Å²) in [5.41, 5.74) is 1.89. The smallest absolute Gasteiger partial charge is 0.335 e. The number of carboxylic acids is 1. The fourth-order valence-corrected chi connectivity index (χ4v) is 1.79. The molecule has 0 bridgehead atoms. The van der Waals surface area contributed by atoms with E-state index in [2.05, 4.69) is 0 Å². The van der Waals surface area contributed by atoms with Crippen LogP contribution in [-0.2, 0) is 11.3 Å². The molecule has 0 saturated carbocycles. The van der Waals surface area contributed by atoms with Gasteiger partial charge in [0.25, 0.3) is 0 Å². The molecule has 0 aliphatic carbocycles. The van der Waals surface area contributed by atoms with Gasteiger partial charge in [0, 0.05) is 19.2 Å². The second-order valence-electron chi connectivity index (χ2n) is 4.46. The van der Waals surface area contributed by atoms with Crippen molar-refractivity contribution < 1.29 is 14.7 Å². The molecule has 1 aromatic rings. The van der Waals surface area contributed by atoms with Crippen LogP contribution in [0.4, 0.5) is 0 Å². The minimum absolute atomic E-state index is 0.0100. The van der Waals surface area contributed by atoms with Crippen LogP contribution >= 0.6 is 0 Å². The Labute approximate surface area is 113 Å². The van der Waals surface area contributed by atoms with E-state index in [0.29, 0.717) is 6.54 Å². The number of carbonyl (C=O) groups is 2. The maximum atomic E-state index is 12.0. The fraction of sp³-hybridized carbons (Fsp3) is 0.333. The van der Waals surface area contributed by atoms with E-state index in [0.717, 1.165) is 17.6 Å². The predicted octanol–water partition coefficient (Wildman–Crippen LogP) is 2.70. The van der Waals surface area contributed by atoms with Crippen LogP contribution < -0.4 is 0 Å². The normalized spacial score (nSPS) is 11.2. The van der Waals surface area contributed by atoms with Gasteiger partial charge < -0.3 is 10.0 Å². The summed E-state index contributed by atoms with van der Waals surface area (Å²) < 4.78 is 0. The van der Waals surface area contributed by atoms with Crippen molar-refractivity contribution in [2.24, 2.45) is 0 Å². The lowest BCUT2D eigenvalue weighted by Gasteiger charge is -2.17. The third kappa shape index (κ3) is 4.25. The zero-order valence-electron chi connectivity index (χ0n) is 11.5. The summed E-state index contributed by atoms with van der Waals surface area (Å²) in [4.78, 5) is 24.3. The molecule has 19 heavy (non-hydrogen) atoms. The molecule has 0 saturated heterocycles. The van der Waals surface area contributed by atoms with E-state index >= 15 is 0 Å². The van der Waals surface area contributed by atoms with E-state index < -0.39 is 5.97 Å². The number of rotatable bonds is 5. The molecule has 1 aromatic carbocycles. The molecule has 0 aliphatic rings. The number of carbonyl (C=O) groups excluding carboxylic acids is 1. The summed E-state index contributed by atoms with van der Waals surface area (Å²) in [5.74, 6) is -0.957. The monoisotopic (exact) mass is 261 g/mol. The molecular weight excluding hydrogens is 242 g/mol. The van der Waals surface area contributed by atoms with Crippen LogP contribution in [0.1, 0.15) is 36.2 Å². The molecule has 102 valence electrons. The Morgan fingerprint density at radius 1 is 1.26 bits per heavy atom. The summed E-state index contributed by atoms with van der Waals surface area (Å²) >= 11 is 0. The van der Waals surface area contributed by atoms with Crippen LogP contribution in [0.3, 0.4) is 0 Å². The van der Waals surface area contributed by atoms with Crippen molar-refractivity contribution in [1.29, 1.82) is 0 Å². The van der Waals surface area contributed by atoms with Crippen LogP contribution in [0.15, 0.2) is 35.9 Å². The maximum Gasteiger partial charge on any atom is 0.335 e. The van der Waals surface area contributed by atoms with E-state index in [-0.39, 0.29) is 11.5 Å². The summed E-state index contributed by atoms with van der Waals surface area (Å²) in [7, 11) is 1.74. The average Bonchev–Trinajstić information content (AvgIpc) is 2.38. The predicted molar refractivity (Wildman–Crippen MR) is 73.9 cm³/mol. The number of hydrogen-bond acceptors (Lipinski definition) is 2. The number of likely N-dealkylation sites (N-methyl/N-ethyl adjacent to an activating group) is 1. The molecular formula is C15H19NO3. The molecule has 0 radical (unpaired) electrons. The molecule has 1 N–H and O–H groups in total. The van der Waals surface area contributed by atoms with Gasteiger partial charge in [0.15, 0.2) is 0 Å². The standard InChI is InChI=1S/C15H19NO3/c1-4-5-11(2)14(17)16(3)10-12-6-8-13(9-7-12)15(18)19/h5-9H,4,10H2,1-3H3,(H,18,19)/b11-5-. The van der Waals surface area contributed by atoms with Gasteiger partial charge in [-0.1, -0.05) is 25.1 Å². The van der Waals surface area contributed by atoms with E-state index in [9.17, 15) is 9.59 Å². The lowest BCUT2D eigenvalue weighted by atomic mass is 10.1. The highest BCUT2D eigenvalue weighted by molar-refractivity contribution is 5.92. The number of amides is 1. The molecule has 0 aromatic heterocycles. The van der Waals surface area contributed by atoms with Crippen molar-refractivity contribution in [3.05, 3.63) is 47.0 Å². The number of allylic oxidation sites excluding steroid dienone is 1. The molecule has 0 spiro atoms. The van der Waals surface area contributed by atoms with Gasteiger partial charge in [0.05, 0.1) is 5.56 Å². The van der Waals surface area contributed by atoms with Gasteiger partial charge >= 0.3 is 5.97 Å². The first-order chi connectivity index (χ1) is 8.95. The first kappa shape index (κ1) is 15.0. The second kappa shape index (κ2) is 6.73. The Morgan fingerprint density at radius 3 is 2.32 bits per heavy atom. The topological polar surface area (TPSA) is 57.6 Å². The second-order valence-corrected chi connectivity index (χ2v) is 4.46. The van der Waals surface area contributed by atoms with E-state index in [4.69, 9.17) is 5.11 Å². The van der Waals surface area contributed by atoms with Crippen molar-refractivity contribution in [3.8, 4) is 0 Å². The zero-order valence-corrected chi connectivity index (χ0v) is 11.5. The van der Waals surface area contributed by atoms with Gasteiger partial charge in [-0.2, -0.15) is 0 Å². The minimum Gasteiger partial charge on any atom is -0.478 e. The highest BCUT2D eigenvalue weighted by atomic mass is 16.4. The van der Waals surface area contributed by atoms with Crippen molar-refractivity contribution in [2.75, 3.05) is 7.05 Å². The van der Waals surface area contributed by atoms with Gasteiger partial charge in [0.1, 0.15) is 0 Å². The number of aromatic carboxylic acids is 1. The van der Waals surface area contributed by atoms with E-state index in [1.807, 2.05) is 13.0 Å². The molecule has 0 aliphatic heterocycles. The lowest BCUT2D eigenvalue weighted by Crippen LogP contribution is -2.26. The van der Waals surface area contributed by atoms with Gasteiger partial charge in [-0.3, -0.25) is 4.79 Å². The maximum absolute atomic E-state index is 12.0. The molecule has 1 rings (SSSR count). The van der Waals surface area contributed by atoms with Gasteiger partial charge in [0.2, 0.25) is 5.91 Å². The van der Waals surface area contributed by atoms with Gasteiger partial charge in [-0.25, -0.2) is 4.79 Å². The SMILES string of the molecule is CC/C=C(/C)C(=O)N(C)Cc1ccc(C(=O)O)cc1. The third-order valence-electron chi connectivity index (χ3n) is 2.81. The first-order valence-corrected chi connectivity index (χ1v) is 6.20. The number of nitrogens with zero attached hydrogens (tertiary/aromatic N) is 1. The van der Waals surface area contributed by atoms with Crippen LogP contribution in [0.2, 0.25) is 0 Å². The number of hydrogen-bond donors (Lipinski definition) is 1. The zero-order chi connectivity index (χ0) is 14.4. The Bertz CT molecular complexity index is 489. The Kier molecular flexibility index (Phi) is 5.30. The third-order valence-corrected chi connectivity index (χ3v) is 2.81. The largest absolute Gasteiger partial charge is 0.478 e. The molecule has 0 heterocycles. The van der Waals surface area contributed by atoms with Crippen molar-refractivity contribution >= 4 is 11.9 Å². The number of carboxylic acid groups (broad SMARTS) is 1. The summed E-state index contributed by atoms with van der Waals surface area (Å²) in [5, 5.41) is 8.81. The van der Waals surface area contributed by atoms with Crippen LogP contribution in [0.25, 0.3) is 0 Å². The fourth-order valence-electron chi connectivity index (χ4n) is 1.79. The highest BCUT2D eigenvalue weighted by Gasteiger charge is 2.11. The van der Waals surface area contributed by atoms with E-state index in [1.54, 1.807) is 43.1 Å².